The molecule has 1 rings (SSSR count). The van der Waals surface area contributed by atoms with E-state index >= 15 is 0 Å². The van der Waals surface area contributed by atoms with Crippen LogP contribution < -0.4 is 5.73 Å². The van der Waals surface area contributed by atoms with Crippen molar-refractivity contribution in [2.24, 2.45) is 5.73 Å². The van der Waals surface area contributed by atoms with Crippen molar-refractivity contribution >= 4 is 5.84 Å². The molecule has 0 spiro atoms. The van der Waals surface area contributed by atoms with Gasteiger partial charge in [0.25, 0.3) is 0 Å². The Bertz CT molecular complexity index is 204. The maximum absolute atomic E-state index is 7.01. The first-order valence-electron chi connectivity index (χ1n) is 3.70. The molecule has 0 atom stereocenters. The maximum Gasteiger partial charge on any atom is 0.122 e. The lowest BCUT2D eigenvalue weighted by atomic mass is 10.2. The van der Waals surface area contributed by atoms with E-state index in [1.807, 2.05) is 44.2 Å². The maximum atomic E-state index is 7.01. The van der Waals surface area contributed by atoms with E-state index in [1.165, 1.54) is 0 Å². The molecule has 0 heterocycles. The van der Waals surface area contributed by atoms with Crippen LogP contribution in [0.5, 0.6) is 0 Å². The summed E-state index contributed by atoms with van der Waals surface area (Å²) in [5, 5.41) is 7.01. The first kappa shape index (κ1) is 9.69. The van der Waals surface area contributed by atoms with Gasteiger partial charge < -0.3 is 5.73 Å². The van der Waals surface area contributed by atoms with Crippen LogP contribution >= 0.6 is 0 Å². The third-order valence-electron chi connectivity index (χ3n) is 1.08. The van der Waals surface area contributed by atoms with Crippen LogP contribution in [-0.2, 0) is 0 Å². The second-order valence-electron chi connectivity index (χ2n) is 1.78. The summed E-state index contributed by atoms with van der Waals surface area (Å²) in [5.41, 5.74) is 5.97. The van der Waals surface area contributed by atoms with Crippen LogP contribution in [0.1, 0.15) is 19.4 Å². The minimum Gasteiger partial charge on any atom is -0.384 e. The summed E-state index contributed by atoms with van der Waals surface area (Å²) < 4.78 is 0. The second-order valence-corrected chi connectivity index (χ2v) is 1.78. The number of nitrogens with one attached hydrogen (secondary N) is 1. The Kier molecular flexibility index (Phi) is 4.82. The van der Waals surface area contributed by atoms with Crippen molar-refractivity contribution in [2.75, 3.05) is 0 Å². The van der Waals surface area contributed by atoms with Crippen molar-refractivity contribution in [1.82, 2.24) is 0 Å². The van der Waals surface area contributed by atoms with Gasteiger partial charge in [0.15, 0.2) is 0 Å². The van der Waals surface area contributed by atoms with E-state index in [-0.39, 0.29) is 5.84 Å². The summed E-state index contributed by atoms with van der Waals surface area (Å²) in [4.78, 5) is 0. The Morgan fingerprint density at radius 2 is 1.64 bits per heavy atom. The third-order valence-corrected chi connectivity index (χ3v) is 1.08. The van der Waals surface area contributed by atoms with E-state index in [9.17, 15) is 0 Å². The molecule has 0 aliphatic heterocycles. The number of hydrogen-bond donors (Lipinski definition) is 2. The van der Waals surface area contributed by atoms with Gasteiger partial charge in [-0.05, 0) is 0 Å². The summed E-state index contributed by atoms with van der Waals surface area (Å²) in [6.45, 7) is 4.00. The van der Waals surface area contributed by atoms with Gasteiger partial charge in [-0.3, -0.25) is 5.41 Å². The molecular formula is C9H14N2. The van der Waals surface area contributed by atoms with Crippen molar-refractivity contribution in [2.45, 2.75) is 13.8 Å². The van der Waals surface area contributed by atoms with Crippen LogP contribution in [0.25, 0.3) is 0 Å². The van der Waals surface area contributed by atoms with Crippen LogP contribution in [0.2, 0.25) is 0 Å². The van der Waals surface area contributed by atoms with Gasteiger partial charge in [0.05, 0.1) is 0 Å². The zero-order chi connectivity index (χ0) is 8.69. The molecule has 11 heavy (non-hydrogen) atoms. The fraction of sp³-hybridized carbons (Fsp3) is 0.222. The summed E-state index contributed by atoms with van der Waals surface area (Å²) in [7, 11) is 0. The lowest BCUT2D eigenvalue weighted by molar-refractivity contribution is 1.42. The second kappa shape index (κ2) is 5.47. The van der Waals surface area contributed by atoms with Crippen molar-refractivity contribution < 1.29 is 0 Å². The summed E-state index contributed by atoms with van der Waals surface area (Å²) in [5.74, 6) is 0.121. The Hall–Kier alpha value is -1.31. The molecule has 1 aromatic rings. The van der Waals surface area contributed by atoms with Gasteiger partial charge in [0.2, 0.25) is 0 Å². The van der Waals surface area contributed by atoms with E-state index in [1.54, 1.807) is 0 Å². The number of benzene rings is 1. The van der Waals surface area contributed by atoms with Gasteiger partial charge in [-0.2, -0.15) is 0 Å². The predicted octanol–water partition coefficient (Wildman–Crippen LogP) is 2.00. The van der Waals surface area contributed by atoms with Crippen LogP contribution in [0.15, 0.2) is 30.3 Å². The molecule has 0 aromatic heterocycles. The van der Waals surface area contributed by atoms with Gasteiger partial charge in [-0.25, -0.2) is 0 Å². The van der Waals surface area contributed by atoms with E-state index in [0.717, 1.165) is 5.56 Å². The topological polar surface area (TPSA) is 49.9 Å². The number of hydrogen-bond acceptors (Lipinski definition) is 1. The largest absolute Gasteiger partial charge is 0.384 e. The summed E-state index contributed by atoms with van der Waals surface area (Å²) in [6.07, 6.45) is 0. The van der Waals surface area contributed by atoms with Crippen molar-refractivity contribution in [1.29, 1.82) is 5.41 Å². The zero-order valence-corrected chi connectivity index (χ0v) is 6.96. The Balaban J connectivity index is 0.000000461. The van der Waals surface area contributed by atoms with Gasteiger partial charge in [-0.15, -0.1) is 0 Å². The van der Waals surface area contributed by atoms with Crippen LogP contribution in [0.3, 0.4) is 0 Å². The normalized spacial score (nSPS) is 7.82. The number of rotatable bonds is 1. The van der Waals surface area contributed by atoms with Crippen molar-refractivity contribution in [3.8, 4) is 0 Å². The molecule has 2 nitrogen and oxygen atoms in total. The van der Waals surface area contributed by atoms with Crippen LogP contribution in [0, 0.1) is 5.41 Å². The van der Waals surface area contributed by atoms with E-state index in [0.29, 0.717) is 0 Å². The predicted molar refractivity (Wildman–Crippen MR) is 48.8 cm³/mol. The molecule has 0 unspecified atom stereocenters. The smallest absolute Gasteiger partial charge is 0.122 e. The van der Waals surface area contributed by atoms with Gasteiger partial charge >= 0.3 is 0 Å². The molecule has 0 aliphatic carbocycles. The minimum absolute atomic E-state index is 0.121. The highest BCUT2D eigenvalue weighted by atomic mass is 14.7. The van der Waals surface area contributed by atoms with Gasteiger partial charge in [-0.1, -0.05) is 44.2 Å². The van der Waals surface area contributed by atoms with Crippen LogP contribution in [0.4, 0.5) is 0 Å². The molecule has 0 fully saturated rings. The van der Waals surface area contributed by atoms with E-state index in [4.69, 9.17) is 11.1 Å². The minimum atomic E-state index is 0.121. The average Bonchev–Trinajstić information content (AvgIpc) is 2.10. The summed E-state index contributed by atoms with van der Waals surface area (Å²) in [6, 6.07) is 9.23. The molecule has 3 N–H and O–H groups in total. The Morgan fingerprint density at radius 1 is 1.18 bits per heavy atom. The molecule has 0 radical (unpaired) electrons. The van der Waals surface area contributed by atoms with Crippen molar-refractivity contribution in [3.63, 3.8) is 0 Å². The van der Waals surface area contributed by atoms with Crippen molar-refractivity contribution in [3.05, 3.63) is 35.9 Å². The highest BCUT2D eigenvalue weighted by Crippen LogP contribution is 1.94. The highest BCUT2D eigenvalue weighted by Gasteiger charge is 1.89. The Morgan fingerprint density at radius 3 is 1.91 bits per heavy atom. The molecule has 0 aliphatic rings. The molecule has 0 saturated carbocycles. The molecule has 2 heteroatoms. The molecule has 1 aromatic carbocycles. The van der Waals surface area contributed by atoms with Gasteiger partial charge in [0, 0.05) is 5.56 Å². The third kappa shape index (κ3) is 3.40. The number of nitrogens with two attached hydrogens (primary N) is 1. The fourth-order valence-corrected chi connectivity index (χ4v) is 0.618. The lowest BCUT2D eigenvalue weighted by Crippen LogP contribution is -2.10. The first-order valence-corrected chi connectivity index (χ1v) is 3.70. The molecule has 0 saturated heterocycles. The number of nitrogen functional groups attached to an aromatic ring is 1. The zero-order valence-electron chi connectivity index (χ0n) is 6.96. The average molecular weight is 150 g/mol. The highest BCUT2D eigenvalue weighted by molar-refractivity contribution is 5.94. The molecule has 0 bridgehead atoms. The molecule has 0 amide bonds. The van der Waals surface area contributed by atoms with Crippen LogP contribution in [-0.4, -0.2) is 5.84 Å². The lowest BCUT2D eigenvalue weighted by Gasteiger charge is -1.93. The first-order chi connectivity index (χ1) is 5.30. The molecule has 60 valence electrons. The standard InChI is InChI=1S/C7H8N2.C2H6/c8-7(9)6-4-2-1-3-5-6;1-2/h1-5H,(H3,8,9);1-2H3. The van der Waals surface area contributed by atoms with E-state index < -0.39 is 0 Å². The summed E-state index contributed by atoms with van der Waals surface area (Å²) >= 11 is 0. The number of amidine groups is 1. The molecular weight excluding hydrogens is 136 g/mol. The fourth-order valence-electron chi connectivity index (χ4n) is 0.618. The SMILES string of the molecule is CC.N=C(N)c1ccccc1. The van der Waals surface area contributed by atoms with E-state index in [2.05, 4.69) is 0 Å². The Labute approximate surface area is 67.6 Å². The van der Waals surface area contributed by atoms with Gasteiger partial charge in [0.1, 0.15) is 5.84 Å². The quantitative estimate of drug-likeness (QED) is 0.467. The monoisotopic (exact) mass is 150 g/mol.